The Morgan fingerprint density at radius 3 is 2.43 bits per heavy atom. The lowest BCUT2D eigenvalue weighted by Crippen LogP contribution is -2.37. The van der Waals surface area contributed by atoms with Crippen molar-refractivity contribution < 1.29 is 27.2 Å². The normalized spacial score (nSPS) is 15.5. The van der Waals surface area contributed by atoms with Gasteiger partial charge in [-0.25, -0.2) is 4.39 Å². The number of amides is 1. The quantitative estimate of drug-likeness (QED) is 0.326. The second-order valence-electron chi connectivity index (χ2n) is 7.99. The van der Waals surface area contributed by atoms with E-state index in [9.17, 15) is 22.4 Å². The molecule has 4 nitrogen and oxygen atoms in total. The van der Waals surface area contributed by atoms with E-state index < -0.39 is 29.6 Å². The topological polar surface area (TPSA) is 41.9 Å². The summed E-state index contributed by atoms with van der Waals surface area (Å²) in [5, 5.41) is 4.85. The zero-order valence-electron chi connectivity index (χ0n) is 18.0. The van der Waals surface area contributed by atoms with Crippen LogP contribution in [-0.2, 0) is 17.6 Å². The highest BCUT2D eigenvalue weighted by Crippen LogP contribution is 2.30. The van der Waals surface area contributed by atoms with Gasteiger partial charge in [0.15, 0.2) is 6.10 Å². The Labute approximate surface area is 208 Å². The van der Waals surface area contributed by atoms with Crippen molar-refractivity contribution in [3.05, 3.63) is 105 Å². The van der Waals surface area contributed by atoms with Crippen LogP contribution < -0.4 is 0 Å². The van der Waals surface area contributed by atoms with Gasteiger partial charge in [-0.1, -0.05) is 52.6 Å². The van der Waals surface area contributed by atoms with Crippen LogP contribution in [0.15, 0.2) is 71.9 Å². The van der Waals surface area contributed by atoms with Crippen molar-refractivity contribution in [3.63, 3.8) is 0 Å². The fraction of sp³-hybridized carbons (Fsp3) is 0.200. The molecule has 3 aromatic carbocycles. The molecule has 0 radical (unpaired) electrons. The molecule has 1 amide bonds. The van der Waals surface area contributed by atoms with Gasteiger partial charge in [-0.15, -0.1) is 0 Å². The first-order valence-corrected chi connectivity index (χ1v) is 11.2. The molecule has 1 aliphatic rings. The van der Waals surface area contributed by atoms with Gasteiger partial charge in [0, 0.05) is 24.1 Å². The second-order valence-corrected chi connectivity index (χ2v) is 8.80. The molecule has 0 N–H and O–H groups in total. The lowest BCUT2D eigenvalue weighted by atomic mass is 10.0. The zero-order valence-corrected chi connectivity index (χ0v) is 19.5. The standard InChI is InChI=1S/C25H18Cl2F4N2O2/c26-21-9-6-16(11-22(21)27)23-12-20(35-32-23)14-33(24(34)17-2-1-3-19(28)10-17)13-15-4-7-18(8-5-15)25(29,30)31/h1-11,20H,12-14H2/t20-/m0/s1. The van der Waals surface area contributed by atoms with Gasteiger partial charge in [0.05, 0.1) is 27.9 Å². The third kappa shape index (κ3) is 6.13. The van der Waals surface area contributed by atoms with Crippen LogP contribution in [-0.4, -0.2) is 29.2 Å². The predicted molar refractivity (Wildman–Crippen MR) is 125 cm³/mol. The lowest BCUT2D eigenvalue weighted by Gasteiger charge is -2.25. The summed E-state index contributed by atoms with van der Waals surface area (Å²) in [7, 11) is 0. The van der Waals surface area contributed by atoms with Crippen LogP contribution in [0, 0.1) is 5.82 Å². The molecule has 0 spiro atoms. The summed E-state index contributed by atoms with van der Waals surface area (Å²) < 4.78 is 52.5. The number of benzene rings is 3. The van der Waals surface area contributed by atoms with Crippen molar-refractivity contribution in [1.82, 2.24) is 4.90 Å². The molecule has 0 bridgehead atoms. The summed E-state index contributed by atoms with van der Waals surface area (Å²) in [6.07, 6.45) is -4.63. The number of halogens is 6. The molecule has 1 atom stereocenters. The number of carbonyl (C=O) groups is 1. The van der Waals surface area contributed by atoms with Gasteiger partial charge in [0.2, 0.25) is 0 Å². The molecular weight excluding hydrogens is 507 g/mol. The maximum Gasteiger partial charge on any atom is 0.416 e. The summed E-state index contributed by atoms with van der Waals surface area (Å²) in [6, 6.07) is 14.8. The molecule has 182 valence electrons. The van der Waals surface area contributed by atoms with Crippen LogP contribution in [0.1, 0.15) is 33.5 Å². The lowest BCUT2D eigenvalue weighted by molar-refractivity contribution is -0.137. The molecule has 35 heavy (non-hydrogen) atoms. The van der Waals surface area contributed by atoms with Crippen LogP contribution in [0.25, 0.3) is 0 Å². The van der Waals surface area contributed by atoms with E-state index >= 15 is 0 Å². The van der Waals surface area contributed by atoms with Crippen molar-refractivity contribution in [2.24, 2.45) is 5.16 Å². The average molecular weight is 525 g/mol. The fourth-order valence-electron chi connectivity index (χ4n) is 3.66. The van der Waals surface area contributed by atoms with Crippen molar-refractivity contribution in [2.75, 3.05) is 6.54 Å². The number of carbonyl (C=O) groups excluding carboxylic acids is 1. The maximum absolute atomic E-state index is 13.7. The molecule has 0 unspecified atom stereocenters. The Balaban J connectivity index is 1.53. The minimum absolute atomic E-state index is 0.00451. The van der Waals surface area contributed by atoms with Gasteiger partial charge in [0.25, 0.3) is 5.91 Å². The number of hydrogen-bond acceptors (Lipinski definition) is 3. The molecule has 0 saturated carbocycles. The molecule has 10 heteroatoms. The monoisotopic (exact) mass is 524 g/mol. The molecule has 1 aliphatic heterocycles. The first-order chi connectivity index (χ1) is 16.6. The molecular formula is C25H18Cl2F4N2O2. The van der Waals surface area contributed by atoms with E-state index in [0.29, 0.717) is 33.3 Å². The van der Waals surface area contributed by atoms with Gasteiger partial charge in [-0.05, 0) is 48.0 Å². The summed E-state index contributed by atoms with van der Waals surface area (Å²) in [4.78, 5) is 20.1. The molecule has 4 rings (SSSR count). The summed E-state index contributed by atoms with van der Waals surface area (Å²) in [5.74, 6) is -1.07. The van der Waals surface area contributed by atoms with Crippen molar-refractivity contribution in [1.29, 1.82) is 0 Å². The van der Waals surface area contributed by atoms with E-state index in [4.69, 9.17) is 28.0 Å². The Morgan fingerprint density at radius 2 is 1.77 bits per heavy atom. The van der Waals surface area contributed by atoms with E-state index in [-0.39, 0.29) is 18.7 Å². The van der Waals surface area contributed by atoms with E-state index in [0.717, 1.165) is 18.2 Å². The van der Waals surface area contributed by atoms with Gasteiger partial charge in [-0.2, -0.15) is 13.2 Å². The first-order valence-electron chi connectivity index (χ1n) is 10.5. The minimum Gasteiger partial charge on any atom is -0.390 e. The average Bonchev–Trinajstić information content (AvgIpc) is 3.28. The fourth-order valence-corrected chi connectivity index (χ4v) is 3.96. The second kappa shape index (κ2) is 10.3. The highest BCUT2D eigenvalue weighted by molar-refractivity contribution is 6.42. The van der Waals surface area contributed by atoms with Gasteiger partial charge < -0.3 is 9.74 Å². The largest absolute Gasteiger partial charge is 0.416 e. The van der Waals surface area contributed by atoms with Crippen LogP contribution in [0.4, 0.5) is 17.6 Å². The maximum atomic E-state index is 13.7. The van der Waals surface area contributed by atoms with Gasteiger partial charge in [-0.3, -0.25) is 4.79 Å². The third-order valence-corrected chi connectivity index (χ3v) is 6.16. The number of alkyl halides is 3. The number of oxime groups is 1. The highest BCUT2D eigenvalue weighted by atomic mass is 35.5. The predicted octanol–water partition coefficient (Wildman–Crippen LogP) is 6.99. The Bertz CT molecular complexity index is 1260. The van der Waals surface area contributed by atoms with Crippen LogP contribution >= 0.6 is 23.2 Å². The molecule has 0 fully saturated rings. The van der Waals surface area contributed by atoms with Crippen molar-refractivity contribution >= 4 is 34.8 Å². The summed E-state index contributed by atoms with van der Waals surface area (Å²) >= 11 is 12.0. The van der Waals surface area contributed by atoms with Crippen molar-refractivity contribution in [2.45, 2.75) is 25.2 Å². The van der Waals surface area contributed by atoms with Crippen LogP contribution in [0.5, 0.6) is 0 Å². The molecule has 3 aromatic rings. The molecule has 0 saturated heterocycles. The van der Waals surface area contributed by atoms with Crippen LogP contribution in [0.3, 0.4) is 0 Å². The van der Waals surface area contributed by atoms with E-state index in [1.165, 1.54) is 35.2 Å². The molecule has 0 aliphatic carbocycles. The zero-order chi connectivity index (χ0) is 25.2. The van der Waals surface area contributed by atoms with Crippen LogP contribution in [0.2, 0.25) is 10.0 Å². The first kappa shape index (κ1) is 25.0. The SMILES string of the molecule is O=C(c1cccc(F)c1)N(Cc1ccc(C(F)(F)F)cc1)C[C@@H]1CC(c2ccc(Cl)c(Cl)c2)=NO1. The Kier molecular flexibility index (Phi) is 7.33. The number of hydrogen-bond donors (Lipinski definition) is 0. The smallest absolute Gasteiger partial charge is 0.390 e. The molecule has 0 aromatic heterocycles. The van der Waals surface area contributed by atoms with E-state index in [2.05, 4.69) is 5.16 Å². The van der Waals surface area contributed by atoms with E-state index in [1.54, 1.807) is 18.2 Å². The van der Waals surface area contributed by atoms with Crippen molar-refractivity contribution in [3.8, 4) is 0 Å². The summed E-state index contributed by atoms with van der Waals surface area (Å²) in [6.45, 7) is 0.0696. The van der Waals surface area contributed by atoms with Gasteiger partial charge in [0.1, 0.15) is 5.82 Å². The minimum atomic E-state index is -4.47. The van der Waals surface area contributed by atoms with E-state index in [1.807, 2.05) is 0 Å². The Hall–Kier alpha value is -3.10. The highest BCUT2D eigenvalue weighted by Gasteiger charge is 2.31. The number of rotatable bonds is 6. The molecule has 1 heterocycles. The van der Waals surface area contributed by atoms with Gasteiger partial charge >= 0.3 is 6.18 Å². The third-order valence-electron chi connectivity index (χ3n) is 5.42. The Morgan fingerprint density at radius 1 is 1.03 bits per heavy atom. The number of nitrogens with zero attached hydrogens (tertiary/aromatic N) is 2. The summed E-state index contributed by atoms with van der Waals surface area (Å²) in [5.41, 5.74) is 1.13.